The molecule has 244 valence electrons. The number of hydrogen-bond acceptors (Lipinski definition) is 8. The number of likely N-dealkylation sites (N-methyl/N-ethyl adjacent to an activating group) is 2. The van der Waals surface area contributed by atoms with E-state index >= 15 is 0 Å². The zero-order valence-electron chi connectivity index (χ0n) is 27.3. The van der Waals surface area contributed by atoms with Crippen molar-refractivity contribution in [3.05, 3.63) is 101 Å². The molecule has 5 aromatic rings. The van der Waals surface area contributed by atoms with E-state index in [4.69, 9.17) is 14.7 Å². The average Bonchev–Trinajstić information content (AvgIpc) is 3.43. The Bertz CT molecular complexity index is 2080. The lowest BCUT2D eigenvalue weighted by atomic mass is 9.95. The second-order valence-corrected chi connectivity index (χ2v) is 14.2. The Kier molecular flexibility index (Phi) is 8.88. The van der Waals surface area contributed by atoms with E-state index in [2.05, 4.69) is 18.0 Å². The number of nitrogens with zero attached hydrogens (tertiary/aromatic N) is 5. The summed E-state index contributed by atoms with van der Waals surface area (Å²) in [5, 5.41) is 9.78. The maximum atomic E-state index is 13.9. The lowest BCUT2D eigenvalue weighted by Crippen LogP contribution is -2.33. The van der Waals surface area contributed by atoms with Crippen molar-refractivity contribution in [1.82, 2.24) is 23.7 Å². The molecule has 0 radical (unpaired) electrons. The first-order valence-electron chi connectivity index (χ1n) is 15.5. The van der Waals surface area contributed by atoms with Crippen molar-refractivity contribution in [2.75, 3.05) is 34.3 Å². The zero-order chi connectivity index (χ0) is 33.5. The number of carbonyl (C=O) groups excluding carboxylic acids is 1. The van der Waals surface area contributed by atoms with Gasteiger partial charge in [0.25, 0.3) is 5.91 Å². The van der Waals surface area contributed by atoms with Crippen LogP contribution in [0.15, 0.2) is 73.1 Å². The number of aliphatic hydroxyl groups is 1. The summed E-state index contributed by atoms with van der Waals surface area (Å²) in [5.41, 5.74) is 7.57. The zero-order valence-corrected chi connectivity index (χ0v) is 28.1. The SMILES string of the molecule is COc1cc(-c2cnc3c(n2)c(-c2ccc(C(=O)N(C)C[C@H](C)O)c(C)c2)cn3S(=O)(=O)Cc2ccccc2)cc2c1CCN(C)C2. The molecule has 0 fully saturated rings. The lowest BCUT2D eigenvalue weighted by molar-refractivity contribution is 0.0703. The van der Waals surface area contributed by atoms with Crippen molar-refractivity contribution in [2.45, 2.75) is 38.7 Å². The van der Waals surface area contributed by atoms with Gasteiger partial charge in [0.1, 0.15) is 11.3 Å². The minimum atomic E-state index is -3.88. The molecule has 11 heteroatoms. The van der Waals surface area contributed by atoms with E-state index < -0.39 is 16.1 Å². The minimum Gasteiger partial charge on any atom is -0.496 e. The van der Waals surface area contributed by atoms with Crippen LogP contribution in [0, 0.1) is 6.92 Å². The molecule has 0 spiro atoms. The molecule has 1 N–H and O–H groups in total. The van der Waals surface area contributed by atoms with Crippen LogP contribution in [-0.2, 0) is 28.7 Å². The Morgan fingerprint density at radius 1 is 1.11 bits per heavy atom. The molecule has 6 rings (SSSR count). The monoisotopic (exact) mass is 653 g/mol. The number of fused-ring (bicyclic) bond motifs is 2. The van der Waals surface area contributed by atoms with Crippen LogP contribution in [0.2, 0.25) is 0 Å². The second kappa shape index (κ2) is 12.9. The number of aromatic nitrogens is 3. The first kappa shape index (κ1) is 32.4. The normalized spacial score (nSPS) is 14.2. The third kappa shape index (κ3) is 6.51. The highest BCUT2D eigenvalue weighted by molar-refractivity contribution is 7.89. The summed E-state index contributed by atoms with van der Waals surface area (Å²) in [7, 11) is 1.52. The van der Waals surface area contributed by atoms with E-state index in [-0.39, 0.29) is 23.9 Å². The first-order valence-corrected chi connectivity index (χ1v) is 17.1. The van der Waals surface area contributed by atoms with Gasteiger partial charge in [-0.15, -0.1) is 0 Å². The highest BCUT2D eigenvalue weighted by Crippen LogP contribution is 2.36. The molecule has 0 aliphatic carbocycles. The van der Waals surface area contributed by atoms with Gasteiger partial charge in [-0.2, -0.15) is 0 Å². The number of benzene rings is 3. The fourth-order valence-electron chi connectivity index (χ4n) is 6.27. The van der Waals surface area contributed by atoms with Gasteiger partial charge in [-0.3, -0.25) is 4.79 Å². The number of methoxy groups -OCH3 is 1. The number of hydrogen-bond donors (Lipinski definition) is 1. The van der Waals surface area contributed by atoms with Crippen LogP contribution in [0.1, 0.15) is 39.5 Å². The number of aryl methyl sites for hydroxylation is 1. The molecule has 3 heterocycles. The van der Waals surface area contributed by atoms with Crippen molar-refractivity contribution in [3.63, 3.8) is 0 Å². The minimum absolute atomic E-state index is 0.203. The molecule has 1 aliphatic heterocycles. The maximum absolute atomic E-state index is 13.9. The summed E-state index contributed by atoms with van der Waals surface area (Å²) >= 11 is 0. The van der Waals surface area contributed by atoms with Crippen LogP contribution in [-0.4, -0.2) is 83.6 Å². The summed E-state index contributed by atoms with van der Waals surface area (Å²) in [6.07, 6.45) is 3.42. The largest absolute Gasteiger partial charge is 0.496 e. The summed E-state index contributed by atoms with van der Waals surface area (Å²) in [5.74, 6) is 0.377. The van der Waals surface area contributed by atoms with Crippen LogP contribution in [0.25, 0.3) is 33.5 Å². The van der Waals surface area contributed by atoms with Crippen LogP contribution in [0.4, 0.5) is 0 Å². The van der Waals surface area contributed by atoms with Crippen LogP contribution in [0.5, 0.6) is 5.75 Å². The smallest absolute Gasteiger partial charge is 0.253 e. The molecule has 0 saturated carbocycles. The first-order chi connectivity index (χ1) is 22.4. The molecular formula is C36H39N5O5S. The molecule has 1 amide bonds. The average molecular weight is 654 g/mol. The summed E-state index contributed by atoms with van der Waals surface area (Å²) < 4.78 is 34.7. The molecule has 47 heavy (non-hydrogen) atoms. The topological polar surface area (TPSA) is 118 Å². The van der Waals surface area contributed by atoms with E-state index in [0.717, 1.165) is 36.4 Å². The van der Waals surface area contributed by atoms with Gasteiger partial charge in [0.2, 0.25) is 10.0 Å². The lowest BCUT2D eigenvalue weighted by Gasteiger charge is -2.27. The molecule has 0 bridgehead atoms. The predicted octanol–water partition coefficient (Wildman–Crippen LogP) is 4.90. The highest BCUT2D eigenvalue weighted by atomic mass is 32.2. The van der Waals surface area contributed by atoms with E-state index in [1.54, 1.807) is 57.7 Å². The van der Waals surface area contributed by atoms with E-state index in [1.165, 1.54) is 14.4 Å². The summed E-state index contributed by atoms with van der Waals surface area (Å²) in [6, 6.07) is 18.5. The second-order valence-electron chi connectivity index (χ2n) is 12.4. The number of amides is 1. The maximum Gasteiger partial charge on any atom is 0.253 e. The summed E-state index contributed by atoms with van der Waals surface area (Å²) in [6.45, 7) is 5.41. The molecule has 1 atom stereocenters. The fourth-order valence-corrected chi connectivity index (χ4v) is 7.68. The number of rotatable bonds is 9. The van der Waals surface area contributed by atoms with Crippen LogP contribution in [0.3, 0.4) is 0 Å². The Labute approximate surface area is 275 Å². The van der Waals surface area contributed by atoms with Crippen LogP contribution < -0.4 is 4.74 Å². The third-order valence-electron chi connectivity index (χ3n) is 8.61. The predicted molar refractivity (Wildman–Crippen MR) is 183 cm³/mol. The fraction of sp³-hybridized carbons (Fsp3) is 0.306. The molecule has 1 aliphatic rings. The van der Waals surface area contributed by atoms with Gasteiger partial charge in [0.05, 0.1) is 30.9 Å². The van der Waals surface area contributed by atoms with Gasteiger partial charge in [0, 0.05) is 49.6 Å². The van der Waals surface area contributed by atoms with Crippen molar-refractivity contribution in [1.29, 1.82) is 0 Å². The quantitative estimate of drug-likeness (QED) is 0.239. The van der Waals surface area contributed by atoms with Crippen molar-refractivity contribution in [2.24, 2.45) is 0 Å². The van der Waals surface area contributed by atoms with E-state index in [0.29, 0.717) is 39.0 Å². The van der Waals surface area contributed by atoms with Crippen molar-refractivity contribution in [3.8, 4) is 28.1 Å². The van der Waals surface area contributed by atoms with Crippen LogP contribution >= 0.6 is 0 Å². The van der Waals surface area contributed by atoms with Crippen molar-refractivity contribution < 1.29 is 23.1 Å². The Morgan fingerprint density at radius 2 is 1.87 bits per heavy atom. The van der Waals surface area contributed by atoms with Gasteiger partial charge in [-0.05, 0) is 73.3 Å². The van der Waals surface area contributed by atoms with E-state index in [1.807, 2.05) is 37.3 Å². The van der Waals surface area contributed by atoms with Gasteiger partial charge < -0.3 is 19.6 Å². The van der Waals surface area contributed by atoms with Gasteiger partial charge in [-0.25, -0.2) is 22.4 Å². The Hall–Kier alpha value is -4.58. The number of aliphatic hydroxyl groups excluding tert-OH is 1. The van der Waals surface area contributed by atoms with Crippen molar-refractivity contribution >= 4 is 27.1 Å². The molecule has 0 saturated heterocycles. The Morgan fingerprint density at radius 3 is 2.57 bits per heavy atom. The highest BCUT2D eigenvalue weighted by Gasteiger charge is 2.25. The molecule has 2 aromatic heterocycles. The Balaban J connectivity index is 1.49. The van der Waals surface area contributed by atoms with Gasteiger partial charge in [0.15, 0.2) is 5.65 Å². The van der Waals surface area contributed by atoms with E-state index in [9.17, 15) is 18.3 Å². The standard InChI is InChI=1S/C36H39N5O5S/c1-23-15-26(11-12-29(23)36(43)40(4)19-24(2)42)31-21-41(47(44,45)22-25-9-7-6-8-10-25)35-34(31)38-32(18-37-35)27-16-28-20-39(3)14-13-30(28)33(17-27)46-5/h6-12,15-18,21,24,42H,13-14,19-20,22H2,1-5H3/t24-/m0/s1. The molecule has 10 nitrogen and oxygen atoms in total. The number of ether oxygens (including phenoxy) is 1. The molecule has 0 unspecified atom stereocenters. The van der Waals surface area contributed by atoms with Gasteiger partial charge >= 0.3 is 0 Å². The third-order valence-corrected chi connectivity index (χ3v) is 10.2. The van der Waals surface area contributed by atoms with Gasteiger partial charge in [-0.1, -0.05) is 42.5 Å². The number of carbonyl (C=O) groups is 1. The molecular weight excluding hydrogens is 614 g/mol. The molecule has 3 aromatic carbocycles. The summed E-state index contributed by atoms with van der Waals surface area (Å²) in [4.78, 5) is 26.6.